The average Bonchev–Trinajstić information content (AvgIpc) is 2.76. The van der Waals surface area contributed by atoms with E-state index in [2.05, 4.69) is 21.2 Å². The molecule has 3 N–H and O–H groups in total. The number of hydrogen-bond acceptors (Lipinski definition) is 6. The van der Waals surface area contributed by atoms with Crippen molar-refractivity contribution in [2.24, 2.45) is 5.10 Å². The maximum Gasteiger partial charge on any atom is 0.329 e. The highest BCUT2D eigenvalue weighted by molar-refractivity contribution is 6.35. The highest BCUT2D eigenvalue weighted by Gasteiger charge is 2.11. The number of amides is 3. The molecule has 0 radical (unpaired) electrons. The van der Waals surface area contributed by atoms with Gasteiger partial charge in [-0.05, 0) is 54.8 Å². The number of carbonyl (C=O) groups excluding carboxylic acids is 3. The second-order valence-corrected chi connectivity index (χ2v) is 6.62. The van der Waals surface area contributed by atoms with E-state index in [4.69, 9.17) is 9.47 Å². The van der Waals surface area contributed by atoms with Crippen LogP contribution in [-0.2, 0) is 19.1 Å². The standard InChI is InChI=1S/C22H26N4O5/c1-15-5-4-6-16(2)20(15)25-19(27)14-31-18-9-7-17(8-10-18)13-24-26-22(29)21(28)23-11-12-30-3/h4-10,13H,11-12,14H2,1-3H3,(H,23,28)(H,25,27)(H,26,29)/b24-13-. The van der Waals surface area contributed by atoms with E-state index in [1.165, 1.54) is 13.3 Å². The monoisotopic (exact) mass is 426 g/mol. The van der Waals surface area contributed by atoms with Crippen molar-refractivity contribution in [3.05, 3.63) is 59.2 Å². The molecule has 31 heavy (non-hydrogen) atoms. The highest BCUT2D eigenvalue weighted by Crippen LogP contribution is 2.19. The molecule has 0 unspecified atom stereocenters. The lowest BCUT2D eigenvalue weighted by atomic mass is 10.1. The van der Waals surface area contributed by atoms with Crippen LogP contribution in [0.3, 0.4) is 0 Å². The summed E-state index contributed by atoms with van der Waals surface area (Å²) in [4.78, 5) is 35.2. The smallest absolute Gasteiger partial charge is 0.329 e. The van der Waals surface area contributed by atoms with Crippen LogP contribution >= 0.6 is 0 Å². The van der Waals surface area contributed by atoms with Crippen LogP contribution in [0.4, 0.5) is 5.69 Å². The molecule has 0 fully saturated rings. The molecule has 0 aromatic heterocycles. The molecule has 164 valence electrons. The highest BCUT2D eigenvalue weighted by atomic mass is 16.5. The van der Waals surface area contributed by atoms with E-state index in [0.29, 0.717) is 17.9 Å². The van der Waals surface area contributed by atoms with Gasteiger partial charge in [0, 0.05) is 19.3 Å². The zero-order valence-electron chi connectivity index (χ0n) is 17.7. The van der Waals surface area contributed by atoms with Crippen LogP contribution in [0.25, 0.3) is 0 Å². The Morgan fingerprint density at radius 2 is 1.68 bits per heavy atom. The third-order valence-electron chi connectivity index (χ3n) is 4.17. The Morgan fingerprint density at radius 1 is 1.00 bits per heavy atom. The summed E-state index contributed by atoms with van der Waals surface area (Å²) in [6.45, 7) is 4.27. The quantitative estimate of drug-likeness (QED) is 0.243. The zero-order chi connectivity index (χ0) is 22.6. The number of hydrogen-bond donors (Lipinski definition) is 3. The fraction of sp³-hybridized carbons (Fsp3) is 0.273. The first-order valence-electron chi connectivity index (χ1n) is 9.60. The van der Waals surface area contributed by atoms with Gasteiger partial charge in [-0.1, -0.05) is 18.2 Å². The molecular weight excluding hydrogens is 400 g/mol. The number of methoxy groups -OCH3 is 1. The number of anilines is 1. The molecule has 2 rings (SSSR count). The van der Waals surface area contributed by atoms with Crippen molar-refractivity contribution in [2.75, 3.05) is 32.2 Å². The van der Waals surface area contributed by atoms with E-state index in [0.717, 1.165) is 16.8 Å². The number of aryl methyl sites for hydroxylation is 2. The molecule has 0 aliphatic heterocycles. The van der Waals surface area contributed by atoms with Crippen LogP contribution in [0.1, 0.15) is 16.7 Å². The molecule has 0 atom stereocenters. The van der Waals surface area contributed by atoms with E-state index in [1.807, 2.05) is 32.0 Å². The van der Waals surface area contributed by atoms with Gasteiger partial charge in [0.25, 0.3) is 5.91 Å². The molecule has 2 aromatic carbocycles. The molecular formula is C22H26N4O5. The van der Waals surface area contributed by atoms with Crippen molar-refractivity contribution in [1.82, 2.24) is 10.7 Å². The Kier molecular flexibility index (Phi) is 9.18. The topological polar surface area (TPSA) is 118 Å². The number of carbonyl (C=O) groups is 3. The fourth-order valence-corrected chi connectivity index (χ4v) is 2.55. The molecule has 9 heteroatoms. The lowest BCUT2D eigenvalue weighted by molar-refractivity contribution is -0.139. The van der Waals surface area contributed by atoms with Crippen LogP contribution in [0.15, 0.2) is 47.6 Å². The van der Waals surface area contributed by atoms with E-state index < -0.39 is 11.8 Å². The molecule has 2 aromatic rings. The van der Waals surface area contributed by atoms with Crippen LogP contribution in [0.5, 0.6) is 5.75 Å². The summed E-state index contributed by atoms with van der Waals surface area (Å²) in [5, 5.41) is 8.98. The minimum absolute atomic E-state index is 0.130. The van der Waals surface area contributed by atoms with E-state index >= 15 is 0 Å². The van der Waals surface area contributed by atoms with E-state index in [-0.39, 0.29) is 19.1 Å². The number of ether oxygens (including phenoxy) is 2. The van der Waals surface area contributed by atoms with Crippen LogP contribution in [-0.4, -0.2) is 50.8 Å². The summed E-state index contributed by atoms with van der Waals surface area (Å²) in [6, 6.07) is 12.5. The first-order valence-corrected chi connectivity index (χ1v) is 9.60. The number of hydrazone groups is 1. The average molecular weight is 426 g/mol. The van der Waals surface area contributed by atoms with Gasteiger partial charge in [-0.2, -0.15) is 5.10 Å². The number of rotatable bonds is 9. The fourth-order valence-electron chi connectivity index (χ4n) is 2.55. The SMILES string of the molecule is COCCNC(=O)C(=O)N/N=C\c1ccc(OCC(=O)Nc2c(C)cccc2C)cc1. The van der Waals surface area contributed by atoms with Gasteiger partial charge in [-0.15, -0.1) is 0 Å². The largest absolute Gasteiger partial charge is 0.484 e. The maximum absolute atomic E-state index is 12.2. The van der Waals surface area contributed by atoms with Crippen molar-refractivity contribution in [3.63, 3.8) is 0 Å². The summed E-state index contributed by atoms with van der Waals surface area (Å²) in [6.07, 6.45) is 1.39. The normalized spacial score (nSPS) is 10.5. The van der Waals surface area contributed by atoms with Crippen LogP contribution < -0.4 is 20.8 Å². The van der Waals surface area contributed by atoms with Gasteiger partial charge in [0.05, 0.1) is 12.8 Å². The second-order valence-electron chi connectivity index (χ2n) is 6.62. The van der Waals surface area contributed by atoms with Gasteiger partial charge in [0.1, 0.15) is 5.75 Å². The predicted molar refractivity (Wildman–Crippen MR) is 117 cm³/mol. The lowest BCUT2D eigenvalue weighted by Crippen LogP contribution is -2.39. The Morgan fingerprint density at radius 3 is 2.32 bits per heavy atom. The van der Waals surface area contributed by atoms with Crippen molar-refractivity contribution in [1.29, 1.82) is 0 Å². The van der Waals surface area contributed by atoms with E-state index in [9.17, 15) is 14.4 Å². The minimum atomic E-state index is -0.873. The van der Waals surface area contributed by atoms with Crippen molar-refractivity contribution in [2.45, 2.75) is 13.8 Å². The van der Waals surface area contributed by atoms with Gasteiger partial charge >= 0.3 is 11.8 Å². The summed E-state index contributed by atoms with van der Waals surface area (Å²) >= 11 is 0. The lowest BCUT2D eigenvalue weighted by Gasteiger charge is -2.12. The number of benzene rings is 2. The summed E-state index contributed by atoms with van der Waals surface area (Å²) < 4.78 is 10.3. The molecule has 9 nitrogen and oxygen atoms in total. The summed E-state index contributed by atoms with van der Waals surface area (Å²) in [5.74, 6) is -1.41. The number of nitrogens with zero attached hydrogens (tertiary/aromatic N) is 1. The molecule has 0 saturated heterocycles. The molecule has 0 bridgehead atoms. The van der Waals surface area contributed by atoms with Gasteiger partial charge in [-0.25, -0.2) is 5.43 Å². The summed E-state index contributed by atoms with van der Waals surface area (Å²) in [7, 11) is 1.49. The summed E-state index contributed by atoms with van der Waals surface area (Å²) in [5.41, 5.74) is 5.57. The molecule has 0 aliphatic rings. The van der Waals surface area contributed by atoms with Gasteiger partial charge in [-0.3, -0.25) is 14.4 Å². The van der Waals surface area contributed by atoms with Crippen LogP contribution in [0, 0.1) is 13.8 Å². The van der Waals surface area contributed by atoms with Gasteiger partial charge in [0.15, 0.2) is 6.61 Å². The molecule has 0 saturated carbocycles. The Bertz CT molecular complexity index is 921. The molecule has 0 aliphatic carbocycles. The zero-order valence-corrected chi connectivity index (χ0v) is 17.7. The second kappa shape index (κ2) is 12.1. The Labute approximate surface area is 180 Å². The molecule has 0 heterocycles. The number of para-hydroxylation sites is 1. The van der Waals surface area contributed by atoms with Crippen molar-refractivity contribution < 1.29 is 23.9 Å². The van der Waals surface area contributed by atoms with Crippen molar-refractivity contribution >= 4 is 29.6 Å². The maximum atomic E-state index is 12.2. The molecule has 3 amide bonds. The third-order valence-corrected chi connectivity index (χ3v) is 4.17. The first-order chi connectivity index (χ1) is 14.9. The van der Waals surface area contributed by atoms with Crippen LogP contribution in [0.2, 0.25) is 0 Å². The molecule has 0 spiro atoms. The minimum Gasteiger partial charge on any atom is -0.484 e. The number of nitrogens with one attached hydrogen (secondary N) is 3. The predicted octanol–water partition coefficient (Wildman–Crippen LogP) is 1.53. The van der Waals surface area contributed by atoms with E-state index in [1.54, 1.807) is 24.3 Å². The van der Waals surface area contributed by atoms with Gasteiger partial charge < -0.3 is 20.1 Å². The first kappa shape index (κ1) is 23.6. The third kappa shape index (κ3) is 7.90. The van der Waals surface area contributed by atoms with Crippen molar-refractivity contribution in [3.8, 4) is 5.75 Å². The Hall–Kier alpha value is -3.72. The Balaban J connectivity index is 1.78. The van der Waals surface area contributed by atoms with Gasteiger partial charge in [0.2, 0.25) is 0 Å².